The van der Waals surface area contributed by atoms with Crippen LogP contribution in [0.15, 0.2) is 6.07 Å². The summed E-state index contributed by atoms with van der Waals surface area (Å²) < 4.78 is 40.0. The van der Waals surface area contributed by atoms with Crippen LogP contribution in [0.3, 0.4) is 0 Å². The first kappa shape index (κ1) is 31.6. The molecule has 0 spiro atoms. The number of benzene rings is 1. The first-order valence-corrected chi connectivity index (χ1v) is 13.6. The van der Waals surface area contributed by atoms with Crippen LogP contribution in [0.5, 0.6) is 5.75 Å². The zero-order valence-corrected chi connectivity index (χ0v) is 23.9. The monoisotopic (exact) mass is 596 g/mol. The molecule has 11 nitrogen and oxygen atoms in total. The minimum absolute atomic E-state index is 0.00685. The number of ketones is 4. The summed E-state index contributed by atoms with van der Waals surface area (Å²) in [7, 11) is 6.29. The number of likely N-dealkylation sites (N-methyl/N-ethyl adjacent to an activating group) is 1. The van der Waals surface area contributed by atoms with E-state index >= 15 is 0 Å². The van der Waals surface area contributed by atoms with E-state index in [1.807, 2.05) is 0 Å². The molecule has 0 saturated heterocycles. The molecule has 42 heavy (non-hydrogen) atoms. The highest BCUT2D eigenvalue weighted by atomic mass is 19.4. The average molecular weight is 597 g/mol. The third kappa shape index (κ3) is 4.69. The number of hydrogen-bond donors (Lipinski definition) is 4. The zero-order chi connectivity index (χ0) is 31.6. The van der Waals surface area contributed by atoms with Crippen LogP contribution in [0.2, 0.25) is 0 Å². The number of nitrogens with zero attached hydrogens (tertiary/aromatic N) is 2. The van der Waals surface area contributed by atoms with Gasteiger partial charge in [-0.25, -0.2) is 0 Å². The Morgan fingerprint density at radius 2 is 1.79 bits per heavy atom. The number of anilines is 1. The van der Waals surface area contributed by atoms with Crippen molar-refractivity contribution >= 4 is 34.7 Å². The number of hydrogen-bond acceptors (Lipinski definition) is 10. The molecule has 5 N–H and O–H groups in total. The van der Waals surface area contributed by atoms with Crippen molar-refractivity contribution < 1.29 is 47.4 Å². The number of aliphatic hydroxyl groups is 1. The maximum absolute atomic E-state index is 14.0. The minimum atomic E-state index is -4.55. The summed E-state index contributed by atoms with van der Waals surface area (Å²) >= 11 is 0. The van der Waals surface area contributed by atoms with Crippen LogP contribution in [0.4, 0.5) is 18.9 Å². The molecule has 0 aliphatic heterocycles. The number of aromatic hydroxyl groups is 1. The van der Waals surface area contributed by atoms with Crippen molar-refractivity contribution in [1.29, 1.82) is 0 Å². The Labute approximate surface area is 240 Å². The summed E-state index contributed by atoms with van der Waals surface area (Å²) in [4.78, 5) is 69.7. The highest BCUT2D eigenvalue weighted by molar-refractivity contribution is 6.32. The van der Waals surface area contributed by atoms with Gasteiger partial charge < -0.3 is 26.2 Å². The number of halogens is 3. The van der Waals surface area contributed by atoms with Gasteiger partial charge in [-0.05, 0) is 50.9 Å². The predicted octanol–water partition coefficient (Wildman–Crippen LogP) is 0.364. The van der Waals surface area contributed by atoms with Crippen molar-refractivity contribution in [2.75, 3.05) is 33.1 Å². The fourth-order valence-electron chi connectivity index (χ4n) is 6.96. The third-order valence-electron chi connectivity index (χ3n) is 8.94. The summed E-state index contributed by atoms with van der Waals surface area (Å²) in [6.07, 6.45) is -4.89. The number of alkyl halides is 3. The molecule has 7 atom stereocenters. The lowest BCUT2D eigenvalue weighted by Crippen LogP contribution is -2.74. The van der Waals surface area contributed by atoms with Gasteiger partial charge in [0.25, 0.3) is 0 Å². The molecule has 0 heterocycles. The second kappa shape index (κ2) is 10.7. The van der Waals surface area contributed by atoms with Gasteiger partial charge in [0.05, 0.1) is 17.5 Å². The number of phenolic OH excluding ortho intramolecular Hbond substituents is 1. The number of rotatable bonds is 7. The second-order valence-corrected chi connectivity index (χ2v) is 11.8. The Bertz CT molecular complexity index is 1360. The van der Waals surface area contributed by atoms with Crippen LogP contribution < -0.4 is 16.0 Å². The first-order chi connectivity index (χ1) is 19.4. The van der Waals surface area contributed by atoms with Gasteiger partial charge in [0.2, 0.25) is 5.91 Å². The summed E-state index contributed by atoms with van der Waals surface area (Å²) in [6.45, 7) is 0.911. The number of amides is 1. The quantitative estimate of drug-likeness (QED) is 0.323. The standard InChI is InChI=1S/C28H35F3N4O7/c1-6-16(28(29,30)31)33-10-12-9-15(34(2)3)13-7-11-8-14-20(35(4)5)23(38)19(26(32)41)25(40)27(14,42)24(39)17(11)22(37)18(13)21(12)36/h9,11,14,16-17,19-20,33,36,42H,6-8,10H2,1-5H3,(H2,32,41)/t11-,14-,16?,17?,19?,20-,27-/m0/s1. The molecular formula is C28H35F3N4O7. The van der Waals surface area contributed by atoms with Gasteiger partial charge >= 0.3 is 6.18 Å². The molecule has 1 aromatic rings. The molecule has 14 heteroatoms. The Hall–Kier alpha value is -3.36. The topological polar surface area (TPSA) is 170 Å². The van der Waals surface area contributed by atoms with Gasteiger partial charge in [0, 0.05) is 37.8 Å². The molecule has 4 rings (SSSR count). The molecule has 2 saturated carbocycles. The number of carbonyl (C=O) groups excluding carboxylic acids is 5. The Morgan fingerprint density at radius 3 is 2.29 bits per heavy atom. The highest BCUT2D eigenvalue weighted by Crippen LogP contribution is 2.52. The molecule has 0 aromatic heterocycles. The van der Waals surface area contributed by atoms with Gasteiger partial charge in [-0.15, -0.1) is 0 Å². The number of carbonyl (C=O) groups is 5. The molecule has 1 aromatic carbocycles. The van der Waals surface area contributed by atoms with Gasteiger partial charge in [0.15, 0.2) is 34.7 Å². The molecule has 1 amide bonds. The SMILES string of the molecule is CCC(NCc1cc(N(C)C)c2c(c1O)C(=O)C1C(=O)[C@]3(O)C(=O)C(C(N)=O)C(=O)[C@@H](N(C)C)[C@@H]3C[C@@H]1C2)C(F)(F)F. The average Bonchev–Trinajstić information content (AvgIpc) is 2.86. The van der Waals surface area contributed by atoms with Gasteiger partial charge in [-0.2, -0.15) is 13.2 Å². The van der Waals surface area contributed by atoms with Crippen LogP contribution in [-0.4, -0.2) is 96.2 Å². The number of nitrogens with two attached hydrogens (primary N) is 1. The van der Waals surface area contributed by atoms with E-state index in [2.05, 4.69) is 5.32 Å². The van der Waals surface area contributed by atoms with Crippen molar-refractivity contribution in [2.24, 2.45) is 29.4 Å². The van der Waals surface area contributed by atoms with E-state index in [9.17, 15) is 47.4 Å². The van der Waals surface area contributed by atoms with Crippen molar-refractivity contribution in [2.45, 2.75) is 56.6 Å². The highest BCUT2D eigenvalue weighted by Gasteiger charge is 2.69. The van der Waals surface area contributed by atoms with Crippen LogP contribution in [0.1, 0.15) is 41.3 Å². The van der Waals surface area contributed by atoms with Crippen molar-refractivity contribution in [3.8, 4) is 5.75 Å². The number of Topliss-reactive ketones (excluding diaryl/α,β-unsaturated/α-hetero) is 4. The van der Waals surface area contributed by atoms with E-state index in [1.165, 1.54) is 32.0 Å². The summed E-state index contributed by atoms with van der Waals surface area (Å²) in [6, 6.07) is -1.61. The molecule has 0 radical (unpaired) electrons. The molecule has 3 aliphatic carbocycles. The van der Waals surface area contributed by atoms with E-state index in [1.54, 1.807) is 19.0 Å². The van der Waals surface area contributed by atoms with Crippen LogP contribution in [0, 0.1) is 23.7 Å². The van der Waals surface area contributed by atoms with Crippen molar-refractivity contribution in [3.05, 3.63) is 22.8 Å². The largest absolute Gasteiger partial charge is 0.507 e. The Morgan fingerprint density at radius 1 is 1.17 bits per heavy atom. The molecule has 3 unspecified atom stereocenters. The first-order valence-electron chi connectivity index (χ1n) is 13.6. The van der Waals surface area contributed by atoms with E-state index in [4.69, 9.17) is 5.73 Å². The molecule has 230 valence electrons. The van der Waals surface area contributed by atoms with Crippen LogP contribution in [0.25, 0.3) is 0 Å². The van der Waals surface area contributed by atoms with Crippen LogP contribution >= 0.6 is 0 Å². The van der Waals surface area contributed by atoms with E-state index in [0.717, 1.165) is 0 Å². The summed E-state index contributed by atoms with van der Waals surface area (Å²) in [5, 5.41) is 25.2. The molecule has 3 aliphatic rings. The normalized spacial score (nSPS) is 30.1. The van der Waals surface area contributed by atoms with Gasteiger partial charge in [0.1, 0.15) is 11.8 Å². The lowest BCUT2D eigenvalue weighted by atomic mass is 9.52. The fraction of sp³-hybridized carbons (Fsp3) is 0.607. The second-order valence-electron chi connectivity index (χ2n) is 11.8. The number of phenols is 1. The molecular weight excluding hydrogens is 561 g/mol. The predicted molar refractivity (Wildman–Crippen MR) is 143 cm³/mol. The minimum Gasteiger partial charge on any atom is -0.507 e. The van der Waals surface area contributed by atoms with Crippen LogP contribution in [-0.2, 0) is 32.1 Å². The van der Waals surface area contributed by atoms with E-state index in [-0.39, 0.29) is 30.4 Å². The number of nitrogens with one attached hydrogen (secondary N) is 1. The lowest BCUT2D eigenvalue weighted by Gasteiger charge is -2.52. The fourth-order valence-corrected chi connectivity index (χ4v) is 6.96. The maximum atomic E-state index is 14.0. The van der Waals surface area contributed by atoms with Gasteiger partial charge in [-0.1, -0.05) is 6.92 Å². The van der Waals surface area contributed by atoms with E-state index in [0.29, 0.717) is 11.3 Å². The lowest BCUT2D eigenvalue weighted by molar-refractivity contribution is -0.181. The zero-order valence-electron chi connectivity index (χ0n) is 23.9. The van der Waals surface area contributed by atoms with Crippen molar-refractivity contribution in [3.63, 3.8) is 0 Å². The Kier molecular flexibility index (Phi) is 8.06. The smallest absolute Gasteiger partial charge is 0.403 e. The molecule has 0 bridgehead atoms. The van der Waals surface area contributed by atoms with E-state index < -0.39 is 88.9 Å². The van der Waals surface area contributed by atoms with Crippen molar-refractivity contribution in [1.82, 2.24) is 10.2 Å². The maximum Gasteiger partial charge on any atom is 0.403 e. The number of primary amides is 1. The Balaban J connectivity index is 1.83. The molecule has 2 fully saturated rings. The summed E-state index contributed by atoms with van der Waals surface area (Å²) in [5.74, 6) is -11.9. The summed E-state index contributed by atoms with van der Waals surface area (Å²) in [5.41, 5.74) is 2.98. The third-order valence-corrected chi connectivity index (χ3v) is 8.94. The van der Waals surface area contributed by atoms with Gasteiger partial charge in [-0.3, -0.25) is 28.9 Å². The number of fused-ring (bicyclic) bond motifs is 3.